The molecule has 0 spiro atoms. The molecule has 162 valence electrons. The highest BCUT2D eigenvalue weighted by molar-refractivity contribution is 7.89. The van der Waals surface area contributed by atoms with Crippen molar-refractivity contribution in [3.63, 3.8) is 0 Å². The fraction of sp³-hybridized carbons (Fsp3) is 0.167. The second-order valence-electron chi connectivity index (χ2n) is 7.71. The number of sulfonamides is 1. The topological polar surface area (TPSA) is 71.7 Å². The van der Waals surface area contributed by atoms with Crippen molar-refractivity contribution in [2.75, 3.05) is 6.54 Å². The number of benzene rings is 3. The van der Waals surface area contributed by atoms with Gasteiger partial charge >= 0.3 is 0 Å². The molecule has 1 aliphatic rings. The van der Waals surface area contributed by atoms with Crippen molar-refractivity contribution < 1.29 is 13.2 Å². The van der Waals surface area contributed by atoms with E-state index in [0.29, 0.717) is 29.9 Å². The number of fused-ring (bicyclic) bond motifs is 2. The lowest BCUT2D eigenvalue weighted by atomic mass is 10.0. The first-order valence-corrected chi connectivity index (χ1v) is 12.5. The molecule has 0 saturated carbocycles. The van der Waals surface area contributed by atoms with Crippen LogP contribution in [-0.2, 0) is 30.0 Å². The third-order valence-electron chi connectivity index (χ3n) is 5.75. The van der Waals surface area contributed by atoms with Crippen LogP contribution in [0.1, 0.15) is 21.5 Å². The number of hydrogen-bond donors (Lipinski definition) is 0. The summed E-state index contributed by atoms with van der Waals surface area (Å²) in [4.78, 5) is 17.7. The number of rotatable bonds is 3. The minimum Gasteiger partial charge on any atom is -0.319 e. The van der Waals surface area contributed by atoms with E-state index in [4.69, 9.17) is 0 Å². The predicted molar refractivity (Wildman–Crippen MR) is 125 cm³/mol. The molecule has 2 heterocycles. The highest BCUT2D eigenvalue weighted by atomic mass is 32.2. The minimum atomic E-state index is -3.64. The Morgan fingerprint density at radius 3 is 2.38 bits per heavy atom. The van der Waals surface area contributed by atoms with Crippen LogP contribution in [0.15, 0.2) is 82.7 Å². The van der Waals surface area contributed by atoms with Crippen molar-refractivity contribution in [2.45, 2.75) is 17.9 Å². The zero-order chi connectivity index (χ0) is 22.3. The van der Waals surface area contributed by atoms with Gasteiger partial charge < -0.3 is 4.57 Å². The molecule has 0 saturated heterocycles. The Morgan fingerprint density at radius 1 is 0.938 bits per heavy atom. The van der Waals surface area contributed by atoms with Gasteiger partial charge in [-0.2, -0.15) is 9.30 Å². The first kappa shape index (κ1) is 20.8. The number of carbonyl (C=O) groups excluding carboxylic acids is 1. The zero-order valence-electron chi connectivity index (χ0n) is 17.4. The van der Waals surface area contributed by atoms with Gasteiger partial charge in [-0.05, 0) is 53.9 Å². The number of para-hydroxylation sites is 1. The summed E-state index contributed by atoms with van der Waals surface area (Å²) in [5.41, 5.74) is 3.58. The number of amides is 1. The molecule has 4 aromatic rings. The Hall–Kier alpha value is -3.07. The second-order valence-corrected chi connectivity index (χ2v) is 10.7. The average Bonchev–Trinajstić information content (AvgIpc) is 3.14. The summed E-state index contributed by atoms with van der Waals surface area (Å²) < 4.78 is 30.7. The molecule has 5 rings (SSSR count). The van der Waals surface area contributed by atoms with E-state index >= 15 is 0 Å². The summed E-state index contributed by atoms with van der Waals surface area (Å²) in [6, 6.07) is 21.8. The van der Waals surface area contributed by atoms with Gasteiger partial charge in [-0.15, -0.1) is 0 Å². The molecule has 8 heteroatoms. The van der Waals surface area contributed by atoms with E-state index in [0.717, 1.165) is 15.8 Å². The summed E-state index contributed by atoms with van der Waals surface area (Å²) in [5, 5.41) is 0. The van der Waals surface area contributed by atoms with Gasteiger partial charge in [0.15, 0.2) is 4.80 Å². The van der Waals surface area contributed by atoms with Crippen molar-refractivity contribution in [3.05, 3.63) is 94.3 Å². The summed E-state index contributed by atoms with van der Waals surface area (Å²) >= 11 is 1.44. The monoisotopic (exact) mass is 463 g/mol. The van der Waals surface area contributed by atoms with Crippen molar-refractivity contribution >= 4 is 37.5 Å². The molecule has 3 aromatic carbocycles. The smallest absolute Gasteiger partial charge is 0.279 e. The van der Waals surface area contributed by atoms with Crippen LogP contribution in [0, 0.1) is 0 Å². The van der Waals surface area contributed by atoms with E-state index in [1.807, 2.05) is 60.1 Å². The molecule has 1 aliphatic heterocycles. The lowest BCUT2D eigenvalue weighted by Crippen LogP contribution is -2.35. The highest BCUT2D eigenvalue weighted by Crippen LogP contribution is 2.25. The quantitative estimate of drug-likeness (QED) is 0.465. The molecule has 0 fully saturated rings. The van der Waals surface area contributed by atoms with Gasteiger partial charge in [0.2, 0.25) is 10.0 Å². The van der Waals surface area contributed by atoms with Crippen LogP contribution in [0.3, 0.4) is 0 Å². The van der Waals surface area contributed by atoms with Crippen LogP contribution in [-0.4, -0.2) is 29.7 Å². The average molecular weight is 464 g/mol. The maximum Gasteiger partial charge on any atom is 0.279 e. The molecule has 0 aliphatic carbocycles. The molecule has 6 nitrogen and oxygen atoms in total. The highest BCUT2D eigenvalue weighted by Gasteiger charge is 2.28. The predicted octanol–water partition coefficient (Wildman–Crippen LogP) is 3.73. The van der Waals surface area contributed by atoms with E-state index in [9.17, 15) is 13.2 Å². The van der Waals surface area contributed by atoms with E-state index < -0.39 is 15.9 Å². The van der Waals surface area contributed by atoms with Crippen molar-refractivity contribution in [2.24, 2.45) is 12.0 Å². The third-order valence-corrected chi connectivity index (χ3v) is 8.72. The Balaban J connectivity index is 1.40. The number of aryl methyl sites for hydroxylation is 1. The van der Waals surface area contributed by atoms with Crippen LogP contribution in [0.2, 0.25) is 0 Å². The summed E-state index contributed by atoms with van der Waals surface area (Å²) in [7, 11) is -1.77. The molecule has 0 atom stereocenters. The molecule has 0 radical (unpaired) electrons. The van der Waals surface area contributed by atoms with Crippen LogP contribution in [0.5, 0.6) is 0 Å². The van der Waals surface area contributed by atoms with Crippen LogP contribution < -0.4 is 4.80 Å². The Kier molecular flexibility index (Phi) is 5.28. The van der Waals surface area contributed by atoms with Gasteiger partial charge in [-0.1, -0.05) is 47.7 Å². The zero-order valence-corrected chi connectivity index (χ0v) is 19.1. The SMILES string of the molecule is Cn1c(=NC(=O)c2ccc(S(=O)(=O)N3CCc4ccccc4C3)cc2)sc2ccccc21. The largest absolute Gasteiger partial charge is 0.319 e. The van der Waals surface area contributed by atoms with Crippen LogP contribution in [0.25, 0.3) is 10.2 Å². The number of carbonyl (C=O) groups is 1. The van der Waals surface area contributed by atoms with E-state index in [-0.39, 0.29) is 4.90 Å². The first-order chi connectivity index (χ1) is 15.4. The fourth-order valence-corrected chi connectivity index (χ4v) is 6.37. The lowest BCUT2D eigenvalue weighted by Gasteiger charge is -2.28. The van der Waals surface area contributed by atoms with Gasteiger partial charge in [0.25, 0.3) is 5.91 Å². The number of nitrogens with zero attached hydrogens (tertiary/aromatic N) is 3. The molecular weight excluding hydrogens is 442 g/mol. The second kappa shape index (κ2) is 8.12. The molecule has 0 unspecified atom stereocenters. The molecule has 32 heavy (non-hydrogen) atoms. The number of hydrogen-bond acceptors (Lipinski definition) is 4. The fourth-order valence-electron chi connectivity index (χ4n) is 3.93. The maximum absolute atomic E-state index is 13.1. The van der Waals surface area contributed by atoms with E-state index in [1.54, 1.807) is 0 Å². The summed E-state index contributed by atoms with van der Waals surface area (Å²) in [6.07, 6.45) is 0.692. The molecule has 0 N–H and O–H groups in total. The van der Waals surface area contributed by atoms with Gasteiger partial charge in [0.1, 0.15) is 0 Å². The first-order valence-electron chi connectivity index (χ1n) is 10.2. The lowest BCUT2D eigenvalue weighted by molar-refractivity contribution is 0.0998. The van der Waals surface area contributed by atoms with Gasteiger partial charge in [0, 0.05) is 25.7 Å². The van der Waals surface area contributed by atoms with Gasteiger partial charge in [-0.25, -0.2) is 8.42 Å². The van der Waals surface area contributed by atoms with Crippen molar-refractivity contribution in [1.29, 1.82) is 0 Å². The van der Waals surface area contributed by atoms with Crippen molar-refractivity contribution in [1.82, 2.24) is 8.87 Å². The third kappa shape index (κ3) is 3.70. The van der Waals surface area contributed by atoms with Crippen molar-refractivity contribution in [3.8, 4) is 0 Å². The Bertz CT molecular complexity index is 1500. The molecule has 1 aromatic heterocycles. The minimum absolute atomic E-state index is 0.181. The molecule has 0 bridgehead atoms. The van der Waals surface area contributed by atoms with E-state index in [1.165, 1.54) is 45.5 Å². The normalized spacial score (nSPS) is 15.1. The summed E-state index contributed by atoms with van der Waals surface area (Å²) in [5.74, 6) is -0.400. The Morgan fingerprint density at radius 2 is 1.62 bits per heavy atom. The number of aromatic nitrogens is 1. The Labute approximate surface area is 190 Å². The summed E-state index contributed by atoms with van der Waals surface area (Å²) in [6.45, 7) is 0.800. The standard InChI is InChI=1S/C24H21N3O3S2/c1-26-21-8-4-5-9-22(21)31-24(26)25-23(28)18-10-12-20(13-11-18)32(29,30)27-15-14-17-6-2-3-7-19(17)16-27/h2-13H,14-16H2,1H3. The van der Waals surface area contributed by atoms with Gasteiger partial charge in [-0.3, -0.25) is 4.79 Å². The van der Waals surface area contributed by atoms with E-state index in [2.05, 4.69) is 4.99 Å². The molecule has 1 amide bonds. The van der Waals surface area contributed by atoms with Crippen LogP contribution in [0.4, 0.5) is 0 Å². The maximum atomic E-state index is 13.1. The van der Waals surface area contributed by atoms with Crippen LogP contribution >= 0.6 is 11.3 Å². The molecular formula is C24H21N3O3S2. The number of thiazole rings is 1. The van der Waals surface area contributed by atoms with Gasteiger partial charge in [0.05, 0.1) is 15.1 Å².